The van der Waals surface area contributed by atoms with Crippen LogP contribution in [0.3, 0.4) is 0 Å². The molecule has 4 aromatic rings. The summed E-state index contributed by atoms with van der Waals surface area (Å²) in [6.45, 7) is 9.75. The number of anilines is 1. The standard InChI is InChI=1S/C31H40F3N9O3S/c1-20-17-40(18-21(2)36-20)19-26-27(15-23-7-6-8-25(22(23)3)31(32,33)34)43-30(37-26)24(16-28(38-43)41-11-13-46-14-12-41)29-35-9-10-42(29)47(44,45)39(4)5/h6-10,16,20-21,36H,11-15,17-19H2,1-5H3. The molecule has 2 aliphatic rings. The highest BCUT2D eigenvalue weighted by molar-refractivity contribution is 7.87. The van der Waals surface area contributed by atoms with E-state index in [1.165, 1.54) is 39.5 Å². The summed E-state index contributed by atoms with van der Waals surface area (Å²) in [5, 5.41) is 8.54. The number of rotatable bonds is 8. The van der Waals surface area contributed by atoms with Gasteiger partial charge in [-0.2, -0.15) is 25.9 Å². The number of imidazole rings is 2. The van der Waals surface area contributed by atoms with Crippen molar-refractivity contribution >= 4 is 21.7 Å². The number of aromatic nitrogens is 5. The maximum atomic E-state index is 14.0. The van der Waals surface area contributed by atoms with Gasteiger partial charge in [0, 0.05) is 77.7 Å². The Labute approximate surface area is 272 Å². The normalized spacial score (nSPS) is 20.1. The fourth-order valence-electron chi connectivity index (χ4n) is 6.50. The van der Waals surface area contributed by atoms with Gasteiger partial charge in [0.15, 0.2) is 17.3 Å². The highest BCUT2D eigenvalue weighted by Gasteiger charge is 2.34. The number of benzene rings is 1. The molecule has 16 heteroatoms. The molecule has 6 rings (SSSR count). The number of hydrogen-bond donors (Lipinski definition) is 1. The molecule has 0 amide bonds. The number of nitrogens with zero attached hydrogens (tertiary/aromatic N) is 8. The van der Waals surface area contributed by atoms with E-state index in [0.717, 1.165) is 27.4 Å². The summed E-state index contributed by atoms with van der Waals surface area (Å²) >= 11 is 0. The third-order valence-corrected chi connectivity index (χ3v) is 10.5. The number of fused-ring (bicyclic) bond motifs is 1. The molecule has 2 aliphatic heterocycles. The second-order valence-corrected chi connectivity index (χ2v) is 14.5. The minimum absolute atomic E-state index is 0.132. The van der Waals surface area contributed by atoms with Crippen LogP contribution in [0.2, 0.25) is 0 Å². The van der Waals surface area contributed by atoms with E-state index in [2.05, 4.69) is 29.0 Å². The first-order chi connectivity index (χ1) is 22.2. The van der Waals surface area contributed by atoms with Crippen LogP contribution in [-0.2, 0) is 34.1 Å². The van der Waals surface area contributed by atoms with Crippen molar-refractivity contribution in [1.82, 2.24) is 38.1 Å². The molecule has 0 aliphatic carbocycles. The third-order valence-electron chi connectivity index (χ3n) is 8.76. The third kappa shape index (κ3) is 6.61. The maximum Gasteiger partial charge on any atom is 0.416 e. The lowest BCUT2D eigenvalue weighted by molar-refractivity contribution is -0.138. The van der Waals surface area contributed by atoms with E-state index in [9.17, 15) is 21.6 Å². The molecule has 47 heavy (non-hydrogen) atoms. The average molecular weight is 676 g/mol. The zero-order valence-electron chi connectivity index (χ0n) is 27.1. The van der Waals surface area contributed by atoms with Crippen molar-refractivity contribution in [3.05, 3.63) is 64.7 Å². The van der Waals surface area contributed by atoms with Gasteiger partial charge in [0.1, 0.15) is 0 Å². The number of ether oxygens (including phenoxy) is 1. The minimum atomic E-state index is -4.50. The number of hydrogen-bond acceptors (Lipinski definition) is 9. The first-order valence-electron chi connectivity index (χ1n) is 15.6. The molecule has 0 bridgehead atoms. The summed E-state index contributed by atoms with van der Waals surface area (Å²) < 4.78 is 78.1. The molecule has 1 aromatic carbocycles. The summed E-state index contributed by atoms with van der Waals surface area (Å²) in [5.74, 6) is 0.714. The van der Waals surface area contributed by atoms with Gasteiger partial charge < -0.3 is 15.0 Å². The predicted octanol–water partition coefficient (Wildman–Crippen LogP) is 3.18. The van der Waals surface area contributed by atoms with Crippen LogP contribution in [0.4, 0.5) is 19.0 Å². The molecule has 2 unspecified atom stereocenters. The molecule has 0 saturated carbocycles. The Morgan fingerprint density at radius 3 is 2.47 bits per heavy atom. The molecule has 2 fully saturated rings. The smallest absolute Gasteiger partial charge is 0.378 e. The van der Waals surface area contributed by atoms with Gasteiger partial charge in [-0.05, 0) is 44.0 Å². The highest BCUT2D eigenvalue weighted by atomic mass is 32.2. The lowest BCUT2D eigenvalue weighted by Crippen LogP contribution is -2.53. The SMILES string of the molecule is Cc1c(Cc2c(CN3CC(C)NC(C)C3)nc3c(-c4nccn4S(=O)(=O)N(C)C)cc(N4CCOCC4)nn23)cccc1C(F)(F)F. The van der Waals surface area contributed by atoms with E-state index in [4.69, 9.17) is 14.8 Å². The molecule has 0 spiro atoms. The predicted molar refractivity (Wildman–Crippen MR) is 172 cm³/mol. The number of nitrogens with one attached hydrogen (secondary N) is 1. The summed E-state index contributed by atoms with van der Waals surface area (Å²) in [4.78, 5) is 13.9. The van der Waals surface area contributed by atoms with Crippen LogP contribution in [0.15, 0.2) is 36.7 Å². The monoisotopic (exact) mass is 675 g/mol. The van der Waals surface area contributed by atoms with Crippen molar-refractivity contribution in [3.63, 3.8) is 0 Å². The van der Waals surface area contributed by atoms with Gasteiger partial charge in [-0.25, -0.2) is 18.5 Å². The zero-order valence-corrected chi connectivity index (χ0v) is 27.9. The van der Waals surface area contributed by atoms with Crippen LogP contribution in [0, 0.1) is 6.92 Å². The topological polar surface area (TPSA) is 113 Å². The van der Waals surface area contributed by atoms with E-state index in [-0.39, 0.29) is 29.9 Å². The quantitative estimate of drug-likeness (QED) is 0.301. The Morgan fingerprint density at radius 2 is 1.81 bits per heavy atom. The maximum absolute atomic E-state index is 14.0. The number of piperazine rings is 1. The molecule has 12 nitrogen and oxygen atoms in total. The van der Waals surface area contributed by atoms with Crippen molar-refractivity contribution in [2.24, 2.45) is 0 Å². The largest absolute Gasteiger partial charge is 0.416 e. The molecule has 5 heterocycles. The van der Waals surface area contributed by atoms with Gasteiger partial charge in [-0.1, -0.05) is 12.1 Å². The Morgan fingerprint density at radius 1 is 1.11 bits per heavy atom. The Hall–Kier alpha value is -3.57. The number of morpholine rings is 1. The highest BCUT2D eigenvalue weighted by Crippen LogP contribution is 2.35. The van der Waals surface area contributed by atoms with Crippen molar-refractivity contribution in [2.45, 2.75) is 52.0 Å². The van der Waals surface area contributed by atoms with E-state index in [0.29, 0.717) is 66.8 Å². The minimum Gasteiger partial charge on any atom is -0.378 e. The molecule has 2 atom stereocenters. The molecule has 254 valence electrons. The van der Waals surface area contributed by atoms with Crippen molar-refractivity contribution < 1.29 is 26.3 Å². The summed E-state index contributed by atoms with van der Waals surface area (Å²) in [5.41, 5.74) is 2.05. The van der Waals surface area contributed by atoms with E-state index in [1.54, 1.807) is 16.6 Å². The van der Waals surface area contributed by atoms with Gasteiger partial charge >= 0.3 is 16.4 Å². The molecular formula is C31H40F3N9O3S. The van der Waals surface area contributed by atoms with Crippen LogP contribution in [0.1, 0.15) is 41.9 Å². The fourth-order valence-corrected chi connectivity index (χ4v) is 7.42. The van der Waals surface area contributed by atoms with E-state index >= 15 is 0 Å². The van der Waals surface area contributed by atoms with E-state index < -0.39 is 21.9 Å². The van der Waals surface area contributed by atoms with Gasteiger partial charge in [0.2, 0.25) is 0 Å². The van der Waals surface area contributed by atoms with Gasteiger partial charge in [-0.15, -0.1) is 5.10 Å². The van der Waals surface area contributed by atoms with Gasteiger partial charge in [0.05, 0.1) is 35.7 Å². The Bertz CT molecular complexity index is 1860. The molecule has 0 radical (unpaired) electrons. The van der Waals surface area contributed by atoms with Crippen LogP contribution >= 0.6 is 0 Å². The fraction of sp³-hybridized carbons (Fsp3) is 0.516. The summed E-state index contributed by atoms with van der Waals surface area (Å²) in [6, 6.07) is 6.47. The Balaban J connectivity index is 1.59. The number of alkyl halides is 3. The van der Waals surface area contributed by atoms with Crippen molar-refractivity contribution in [1.29, 1.82) is 0 Å². The second-order valence-electron chi connectivity index (χ2n) is 12.5. The van der Waals surface area contributed by atoms with Crippen LogP contribution in [0.25, 0.3) is 17.0 Å². The van der Waals surface area contributed by atoms with Gasteiger partial charge in [-0.3, -0.25) is 4.90 Å². The lowest BCUT2D eigenvalue weighted by atomic mass is 9.97. The van der Waals surface area contributed by atoms with Gasteiger partial charge in [0.25, 0.3) is 0 Å². The average Bonchev–Trinajstić information content (AvgIpc) is 3.63. The summed E-state index contributed by atoms with van der Waals surface area (Å²) in [7, 11) is -1.07. The second kappa shape index (κ2) is 12.8. The summed E-state index contributed by atoms with van der Waals surface area (Å²) in [6.07, 6.45) is -1.56. The lowest BCUT2D eigenvalue weighted by Gasteiger charge is -2.35. The molecule has 2 saturated heterocycles. The molecule has 3 aromatic heterocycles. The van der Waals surface area contributed by atoms with Crippen molar-refractivity contribution in [3.8, 4) is 11.4 Å². The Kier molecular flexibility index (Phi) is 9.08. The molecular weight excluding hydrogens is 635 g/mol. The van der Waals surface area contributed by atoms with E-state index in [1.807, 2.05) is 4.90 Å². The van der Waals surface area contributed by atoms with Crippen LogP contribution in [0.5, 0.6) is 0 Å². The van der Waals surface area contributed by atoms with Crippen LogP contribution in [-0.4, -0.2) is 107 Å². The molecule has 1 N–H and O–H groups in total. The van der Waals surface area contributed by atoms with Crippen LogP contribution < -0.4 is 10.2 Å². The first-order valence-corrected chi connectivity index (χ1v) is 17.0. The number of halogens is 3. The zero-order chi connectivity index (χ0) is 33.7. The van der Waals surface area contributed by atoms with Crippen molar-refractivity contribution in [2.75, 3.05) is 58.4 Å². The first kappa shape index (κ1) is 33.3.